The van der Waals surface area contributed by atoms with E-state index in [1.165, 1.54) is 31.3 Å². The van der Waals surface area contributed by atoms with Crippen LogP contribution in [-0.4, -0.2) is 0 Å². The molecule has 0 saturated carbocycles. The molecule has 0 aliphatic rings. The fraction of sp³-hybridized carbons (Fsp3) is 0.600. The van der Waals surface area contributed by atoms with Gasteiger partial charge in [0, 0.05) is 0 Å². The Morgan fingerprint density at radius 2 is 2.10 bits per heavy atom. The molecule has 0 fully saturated rings. The standard InChI is InChI=1S/C10H18/c1-4-7-9-10(6-3)8-5-2/h5,8H,2,4,6-7,9H2,1,3H3/b10-8-. The molecule has 0 N–H and O–H groups in total. The van der Waals surface area contributed by atoms with Crippen LogP contribution in [0, 0.1) is 0 Å². The lowest BCUT2D eigenvalue weighted by Crippen LogP contribution is -1.80. The van der Waals surface area contributed by atoms with Gasteiger partial charge in [-0.05, 0) is 19.3 Å². The summed E-state index contributed by atoms with van der Waals surface area (Å²) in [5.74, 6) is 0. The van der Waals surface area contributed by atoms with E-state index in [2.05, 4.69) is 26.5 Å². The van der Waals surface area contributed by atoms with Crippen molar-refractivity contribution in [2.75, 3.05) is 0 Å². The first-order valence-corrected chi connectivity index (χ1v) is 4.15. The summed E-state index contributed by atoms with van der Waals surface area (Å²) in [4.78, 5) is 0. The highest BCUT2D eigenvalue weighted by atomic mass is 14.0. The Morgan fingerprint density at radius 1 is 1.40 bits per heavy atom. The Balaban J connectivity index is 3.59. The van der Waals surface area contributed by atoms with Gasteiger partial charge < -0.3 is 0 Å². The Hall–Kier alpha value is -0.520. The van der Waals surface area contributed by atoms with Crippen LogP contribution >= 0.6 is 0 Å². The summed E-state index contributed by atoms with van der Waals surface area (Å²) in [6.07, 6.45) is 9.04. The summed E-state index contributed by atoms with van der Waals surface area (Å²) in [5.41, 5.74) is 1.52. The van der Waals surface area contributed by atoms with Gasteiger partial charge in [0.15, 0.2) is 0 Å². The van der Waals surface area contributed by atoms with Crippen LogP contribution in [0.4, 0.5) is 0 Å². The number of rotatable bonds is 5. The molecule has 0 unspecified atom stereocenters. The molecular weight excluding hydrogens is 120 g/mol. The minimum Gasteiger partial charge on any atom is -0.0991 e. The van der Waals surface area contributed by atoms with Gasteiger partial charge in [0.05, 0.1) is 0 Å². The first-order valence-electron chi connectivity index (χ1n) is 4.15. The fourth-order valence-corrected chi connectivity index (χ4v) is 0.948. The Morgan fingerprint density at radius 3 is 2.50 bits per heavy atom. The van der Waals surface area contributed by atoms with Crippen LogP contribution < -0.4 is 0 Å². The van der Waals surface area contributed by atoms with Gasteiger partial charge in [-0.2, -0.15) is 0 Å². The van der Waals surface area contributed by atoms with Crippen LogP contribution in [0.2, 0.25) is 0 Å². The predicted molar refractivity (Wildman–Crippen MR) is 48.1 cm³/mol. The van der Waals surface area contributed by atoms with E-state index >= 15 is 0 Å². The third-order valence-corrected chi connectivity index (χ3v) is 1.66. The predicted octanol–water partition coefficient (Wildman–Crippen LogP) is 3.70. The molecule has 0 heteroatoms. The molecule has 0 rings (SSSR count). The van der Waals surface area contributed by atoms with Crippen molar-refractivity contribution in [3.63, 3.8) is 0 Å². The molecule has 0 heterocycles. The SMILES string of the molecule is C=C/C=C(/CC)CCCC. The van der Waals surface area contributed by atoms with E-state index in [9.17, 15) is 0 Å². The summed E-state index contributed by atoms with van der Waals surface area (Å²) in [6, 6.07) is 0. The highest BCUT2D eigenvalue weighted by Gasteiger charge is 1.90. The lowest BCUT2D eigenvalue weighted by molar-refractivity contribution is 0.766. The van der Waals surface area contributed by atoms with Crippen molar-refractivity contribution in [3.8, 4) is 0 Å². The molecule has 0 aliphatic heterocycles. The first-order chi connectivity index (χ1) is 4.85. The summed E-state index contributed by atoms with van der Waals surface area (Å²) >= 11 is 0. The second-order valence-corrected chi connectivity index (χ2v) is 2.52. The van der Waals surface area contributed by atoms with Crippen molar-refractivity contribution in [3.05, 3.63) is 24.3 Å². The van der Waals surface area contributed by atoms with Gasteiger partial charge in [0.1, 0.15) is 0 Å². The fourth-order valence-electron chi connectivity index (χ4n) is 0.948. The molecule has 0 atom stereocenters. The van der Waals surface area contributed by atoms with Crippen LogP contribution in [0.25, 0.3) is 0 Å². The Bertz CT molecular complexity index is 109. The molecule has 0 bridgehead atoms. The van der Waals surface area contributed by atoms with E-state index < -0.39 is 0 Å². The smallest absolute Gasteiger partial charge is 0.0317 e. The second kappa shape index (κ2) is 6.60. The zero-order chi connectivity index (χ0) is 7.82. The van der Waals surface area contributed by atoms with Crippen LogP contribution in [0.15, 0.2) is 24.3 Å². The van der Waals surface area contributed by atoms with Gasteiger partial charge in [-0.1, -0.05) is 44.6 Å². The Kier molecular flexibility index (Phi) is 6.25. The maximum Gasteiger partial charge on any atom is -0.0317 e. The van der Waals surface area contributed by atoms with Crippen molar-refractivity contribution >= 4 is 0 Å². The number of unbranched alkanes of at least 4 members (excludes halogenated alkanes) is 1. The summed E-state index contributed by atoms with van der Waals surface area (Å²) in [6.45, 7) is 8.10. The number of hydrogen-bond acceptors (Lipinski definition) is 0. The zero-order valence-electron chi connectivity index (χ0n) is 7.19. The van der Waals surface area contributed by atoms with Crippen LogP contribution in [0.5, 0.6) is 0 Å². The molecule has 0 aromatic carbocycles. The Labute approximate surface area is 64.6 Å². The van der Waals surface area contributed by atoms with Gasteiger partial charge in [-0.15, -0.1) is 0 Å². The van der Waals surface area contributed by atoms with E-state index in [1.54, 1.807) is 0 Å². The van der Waals surface area contributed by atoms with E-state index in [0.717, 1.165) is 0 Å². The second-order valence-electron chi connectivity index (χ2n) is 2.52. The van der Waals surface area contributed by atoms with E-state index in [-0.39, 0.29) is 0 Å². The summed E-state index contributed by atoms with van der Waals surface area (Å²) < 4.78 is 0. The van der Waals surface area contributed by atoms with Gasteiger partial charge in [-0.25, -0.2) is 0 Å². The molecule has 0 spiro atoms. The lowest BCUT2D eigenvalue weighted by atomic mass is 10.1. The normalized spacial score (nSPS) is 11.6. The quantitative estimate of drug-likeness (QED) is 0.508. The highest BCUT2D eigenvalue weighted by Crippen LogP contribution is 2.10. The lowest BCUT2D eigenvalue weighted by Gasteiger charge is -2.00. The van der Waals surface area contributed by atoms with Crippen molar-refractivity contribution in [1.29, 1.82) is 0 Å². The molecule has 0 amide bonds. The van der Waals surface area contributed by atoms with Gasteiger partial charge in [-0.3, -0.25) is 0 Å². The molecular formula is C10H18. The van der Waals surface area contributed by atoms with Crippen LogP contribution in [0.1, 0.15) is 39.5 Å². The zero-order valence-corrected chi connectivity index (χ0v) is 7.19. The summed E-state index contributed by atoms with van der Waals surface area (Å²) in [7, 11) is 0. The van der Waals surface area contributed by atoms with Crippen LogP contribution in [0.3, 0.4) is 0 Å². The molecule has 10 heavy (non-hydrogen) atoms. The monoisotopic (exact) mass is 138 g/mol. The van der Waals surface area contributed by atoms with Gasteiger partial charge in [0.2, 0.25) is 0 Å². The molecule has 0 aromatic heterocycles. The third-order valence-electron chi connectivity index (χ3n) is 1.66. The molecule has 0 saturated heterocycles. The first kappa shape index (κ1) is 9.48. The van der Waals surface area contributed by atoms with Crippen LogP contribution in [-0.2, 0) is 0 Å². The van der Waals surface area contributed by atoms with E-state index in [4.69, 9.17) is 0 Å². The van der Waals surface area contributed by atoms with Crippen molar-refractivity contribution in [2.45, 2.75) is 39.5 Å². The summed E-state index contributed by atoms with van der Waals surface area (Å²) in [5, 5.41) is 0. The van der Waals surface area contributed by atoms with Crippen molar-refractivity contribution in [2.24, 2.45) is 0 Å². The minimum absolute atomic E-state index is 1.17. The topological polar surface area (TPSA) is 0 Å². The van der Waals surface area contributed by atoms with Crippen molar-refractivity contribution in [1.82, 2.24) is 0 Å². The average Bonchev–Trinajstić information content (AvgIpc) is 1.98. The number of hydrogen-bond donors (Lipinski definition) is 0. The molecule has 0 nitrogen and oxygen atoms in total. The molecule has 58 valence electrons. The molecule has 0 aliphatic carbocycles. The molecule has 0 aromatic rings. The highest BCUT2D eigenvalue weighted by molar-refractivity contribution is 5.09. The van der Waals surface area contributed by atoms with Gasteiger partial charge in [0.25, 0.3) is 0 Å². The largest absolute Gasteiger partial charge is 0.0991 e. The third kappa shape index (κ3) is 4.37. The van der Waals surface area contributed by atoms with Crippen molar-refractivity contribution < 1.29 is 0 Å². The van der Waals surface area contributed by atoms with E-state index in [1.807, 2.05) is 6.08 Å². The van der Waals surface area contributed by atoms with Gasteiger partial charge >= 0.3 is 0 Å². The average molecular weight is 138 g/mol. The minimum atomic E-state index is 1.17. The molecule has 0 radical (unpaired) electrons. The van der Waals surface area contributed by atoms with E-state index in [0.29, 0.717) is 0 Å². The maximum absolute atomic E-state index is 3.68. The number of allylic oxidation sites excluding steroid dienone is 3. The maximum atomic E-state index is 3.68.